The van der Waals surface area contributed by atoms with Crippen LogP contribution in [0.3, 0.4) is 0 Å². The minimum Gasteiger partial charge on any atom is -0.369 e. The molecular weight excluding hydrogens is 278 g/mol. The van der Waals surface area contributed by atoms with Gasteiger partial charge in [0.15, 0.2) is 0 Å². The molecule has 0 saturated heterocycles. The van der Waals surface area contributed by atoms with Crippen LogP contribution >= 0.6 is 22.9 Å². The lowest BCUT2D eigenvalue weighted by Crippen LogP contribution is -2.04. The van der Waals surface area contributed by atoms with Crippen LogP contribution in [0.4, 0.5) is 5.95 Å². The number of rotatable bonds is 3. The summed E-state index contributed by atoms with van der Waals surface area (Å²) < 4.78 is 2.04. The topological polar surface area (TPSA) is 43.8 Å². The maximum atomic E-state index is 6.02. The SMILES string of the molecule is CCc1ccsc1Cn1c(N)nc2cc(Cl)ccc21. The van der Waals surface area contributed by atoms with Crippen molar-refractivity contribution in [3.05, 3.63) is 45.1 Å². The third kappa shape index (κ3) is 2.22. The van der Waals surface area contributed by atoms with Crippen LogP contribution in [0.1, 0.15) is 17.4 Å². The van der Waals surface area contributed by atoms with Crippen LogP contribution in [0.5, 0.6) is 0 Å². The quantitative estimate of drug-likeness (QED) is 0.794. The van der Waals surface area contributed by atoms with Crippen LogP contribution in [0.15, 0.2) is 29.6 Å². The fourth-order valence-corrected chi connectivity index (χ4v) is 3.38. The Labute approximate surface area is 120 Å². The van der Waals surface area contributed by atoms with Crippen molar-refractivity contribution in [3.63, 3.8) is 0 Å². The number of halogens is 1. The number of hydrogen-bond acceptors (Lipinski definition) is 3. The van der Waals surface area contributed by atoms with Gasteiger partial charge in [-0.25, -0.2) is 4.98 Å². The second-order valence-corrected chi connectivity index (χ2v) is 5.85. The Hall–Kier alpha value is -1.52. The molecule has 0 aliphatic rings. The summed E-state index contributed by atoms with van der Waals surface area (Å²) in [5.74, 6) is 0.535. The van der Waals surface area contributed by atoms with Gasteiger partial charge in [-0.15, -0.1) is 11.3 Å². The molecule has 3 nitrogen and oxygen atoms in total. The maximum absolute atomic E-state index is 6.02. The van der Waals surface area contributed by atoms with Crippen molar-refractivity contribution in [3.8, 4) is 0 Å². The Morgan fingerprint density at radius 1 is 1.37 bits per heavy atom. The summed E-state index contributed by atoms with van der Waals surface area (Å²) in [5, 5.41) is 2.81. The molecule has 1 aromatic carbocycles. The highest BCUT2D eigenvalue weighted by Gasteiger charge is 2.11. The molecule has 3 rings (SSSR count). The van der Waals surface area contributed by atoms with E-state index in [0.29, 0.717) is 11.0 Å². The zero-order valence-electron chi connectivity index (χ0n) is 10.6. The first-order valence-electron chi connectivity index (χ1n) is 6.15. The first-order chi connectivity index (χ1) is 9.19. The molecule has 0 radical (unpaired) electrons. The minimum absolute atomic E-state index is 0.535. The van der Waals surface area contributed by atoms with Crippen LogP contribution in [0, 0.1) is 0 Å². The Morgan fingerprint density at radius 2 is 2.21 bits per heavy atom. The molecule has 3 aromatic rings. The predicted molar refractivity (Wildman–Crippen MR) is 82.0 cm³/mol. The van der Waals surface area contributed by atoms with Gasteiger partial charge in [-0.3, -0.25) is 0 Å². The van der Waals surface area contributed by atoms with Crippen molar-refractivity contribution >= 4 is 39.9 Å². The van der Waals surface area contributed by atoms with Crippen molar-refractivity contribution in [2.75, 3.05) is 5.73 Å². The summed E-state index contributed by atoms with van der Waals surface area (Å²) in [6.45, 7) is 2.94. The van der Waals surface area contributed by atoms with E-state index in [2.05, 4.69) is 23.4 Å². The van der Waals surface area contributed by atoms with Crippen LogP contribution in [0.2, 0.25) is 5.02 Å². The number of aryl methyl sites for hydroxylation is 1. The first kappa shape index (κ1) is 12.5. The number of anilines is 1. The average Bonchev–Trinajstić information content (AvgIpc) is 2.95. The van der Waals surface area contributed by atoms with Crippen LogP contribution in [0.25, 0.3) is 11.0 Å². The molecule has 0 spiro atoms. The predicted octanol–water partition coefficient (Wildman–Crippen LogP) is 3.94. The molecule has 0 aliphatic carbocycles. The lowest BCUT2D eigenvalue weighted by molar-refractivity contribution is 0.841. The number of imidazole rings is 1. The van der Waals surface area contributed by atoms with Crippen molar-refractivity contribution in [2.24, 2.45) is 0 Å². The third-order valence-electron chi connectivity index (χ3n) is 3.26. The fraction of sp³-hybridized carbons (Fsp3) is 0.214. The summed E-state index contributed by atoms with van der Waals surface area (Å²) in [6.07, 6.45) is 1.04. The number of hydrogen-bond donors (Lipinski definition) is 1. The Morgan fingerprint density at radius 3 is 3.00 bits per heavy atom. The third-order valence-corrected chi connectivity index (χ3v) is 4.44. The van der Waals surface area contributed by atoms with Gasteiger partial charge in [0.25, 0.3) is 0 Å². The van der Waals surface area contributed by atoms with Gasteiger partial charge >= 0.3 is 0 Å². The number of benzene rings is 1. The van der Waals surface area contributed by atoms with Gasteiger partial charge in [-0.1, -0.05) is 18.5 Å². The lowest BCUT2D eigenvalue weighted by Gasteiger charge is -2.06. The van der Waals surface area contributed by atoms with Gasteiger partial charge in [0, 0.05) is 9.90 Å². The first-order valence-corrected chi connectivity index (χ1v) is 7.41. The molecule has 2 N–H and O–H groups in total. The summed E-state index contributed by atoms with van der Waals surface area (Å²) >= 11 is 7.75. The van der Waals surface area contributed by atoms with E-state index in [0.717, 1.165) is 24.0 Å². The van der Waals surface area contributed by atoms with E-state index in [1.807, 2.05) is 22.8 Å². The lowest BCUT2D eigenvalue weighted by atomic mass is 10.2. The van der Waals surface area contributed by atoms with Gasteiger partial charge in [0.1, 0.15) is 0 Å². The Kier molecular flexibility index (Phi) is 3.21. The molecule has 0 bridgehead atoms. The molecular formula is C14H14ClN3S. The second kappa shape index (κ2) is 4.87. The molecule has 98 valence electrons. The number of nitrogens with two attached hydrogens (primary N) is 1. The smallest absolute Gasteiger partial charge is 0.201 e. The Balaban J connectivity index is 2.08. The minimum atomic E-state index is 0.535. The van der Waals surface area contributed by atoms with Gasteiger partial charge in [-0.2, -0.15) is 0 Å². The molecule has 0 saturated carbocycles. The molecule has 2 aromatic heterocycles. The fourth-order valence-electron chi connectivity index (χ4n) is 2.25. The van der Waals surface area contributed by atoms with Gasteiger partial charge in [0.2, 0.25) is 5.95 Å². The van der Waals surface area contributed by atoms with Gasteiger partial charge in [-0.05, 0) is 41.6 Å². The highest BCUT2D eigenvalue weighted by molar-refractivity contribution is 7.10. The standard InChI is InChI=1S/C14H14ClN3S/c1-2-9-5-6-19-13(9)8-18-12-4-3-10(15)7-11(12)17-14(18)16/h3-7H,2,8H2,1H3,(H2,16,17). The zero-order valence-corrected chi connectivity index (χ0v) is 12.1. The number of fused-ring (bicyclic) bond motifs is 1. The summed E-state index contributed by atoms with van der Waals surface area (Å²) in [5.41, 5.74) is 9.27. The average molecular weight is 292 g/mol. The molecule has 0 fully saturated rings. The maximum Gasteiger partial charge on any atom is 0.201 e. The van der Waals surface area contributed by atoms with E-state index in [-0.39, 0.29) is 0 Å². The van der Waals surface area contributed by atoms with E-state index >= 15 is 0 Å². The van der Waals surface area contributed by atoms with E-state index in [1.54, 1.807) is 11.3 Å². The normalized spacial score (nSPS) is 11.3. The molecule has 0 atom stereocenters. The van der Waals surface area contributed by atoms with Gasteiger partial charge in [0.05, 0.1) is 17.6 Å². The highest BCUT2D eigenvalue weighted by atomic mass is 35.5. The highest BCUT2D eigenvalue weighted by Crippen LogP contribution is 2.25. The van der Waals surface area contributed by atoms with E-state index < -0.39 is 0 Å². The molecule has 2 heterocycles. The van der Waals surface area contributed by atoms with Crippen molar-refractivity contribution in [2.45, 2.75) is 19.9 Å². The summed E-state index contributed by atoms with van der Waals surface area (Å²) in [6, 6.07) is 7.86. The Bertz CT molecular complexity index is 729. The molecule has 5 heteroatoms. The zero-order chi connectivity index (χ0) is 13.4. The number of aromatic nitrogens is 2. The van der Waals surface area contributed by atoms with E-state index in [9.17, 15) is 0 Å². The van der Waals surface area contributed by atoms with Crippen LogP contribution in [-0.4, -0.2) is 9.55 Å². The largest absolute Gasteiger partial charge is 0.369 e. The van der Waals surface area contributed by atoms with E-state index in [1.165, 1.54) is 10.4 Å². The number of thiophene rings is 1. The van der Waals surface area contributed by atoms with E-state index in [4.69, 9.17) is 17.3 Å². The molecule has 0 amide bonds. The molecule has 0 unspecified atom stereocenters. The summed E-state index contributed by atoms with van der Waals surface area (Å²) in [4.78, 5) is 5.71. The van der Waals surface area contributed by atoms with Crippen molar-refractivity contribution < 1.29 is 0 Å². The monoisotopic (exact) mass is 291 g/mol. The number of nitrogens with zero attached hydrogens (tertiary/aromatic N) is 2. The van der Waals surface area contributed by atoms with Crippen molar-refractivity contribution in [1.82, 2.24) is 9.55 Å². The van der Waals surface area contributed by atoms with Crippen molar-refractivity contribution in [1.29, 1.82) is 0 Å². The van der Waals surface area contributed by atoms with Crippen LogP contribution in [-0.2, 0) is 13.0 Å². The van der Waals surface area contributed by atoms with Gasteiger partial charge < -0.3 is 10.3 Å². The summed E-state index contributed by atoms with van der Waals surface area (Å²) in [7, 11) is 0. The second-order valence-electron chi connectivity index (χ2n) is 4.41. The molecule has 19 heavy (non-hydrogen) atoms. The molecule has 0 aliphatic heterocycles. The van der Waals surface area contributed by atoms with Crippen LogP contribution < -0.4 is 5.73 Å². The number of nitrogen functional groups attached to an aromatic ring is 1.